The fourth-order valence-corrected chi connectivity index (χ4v) is 8.94. The van der Waals surface area contributed by atoms with Crippen LogP contribution in [0.1, 0.15) is 65.2 Å². The summed E-state index contributed by atoms with van der Waals surface area (Å²) in [7, 11) is 0. The predicted octanol–water partition coefficient (Wildman–Crippen LogP) is 16.0. The zero-order valence-electron chi connectivity index (χ0n) is 40.2. The summed E-state index contributed by atoms with van der Waals surface area (Å²) < 4.78 is 109. The predicted molar refractivity (Wildman–Crippen MR) is 273 cm³/mol. The van der Waals surface area contributed by atoms with Gasteiger partial charge in [0.1, 0.15) is 46.4 Å². The molecule has 0 bridgehead atoms. The van der Waals surface area contributed by atoms with Gasteiger partial charge in [-0.05, 0) is 126 Å². The van der Waals surface area contributed by atoms with Gasteiger partial charge in [-0.15, -0.1) is 0 Å². The standard InChI is InChI=1S/C62H39F6N3O5/c1-38-17-31-48(51(34-38)58(72)40-11-4-3-5-12-40)42-20-32-50(52(35-42)59(73)41-18-25-47(26-19-41)76-57-16-6-7-33-71-57)49-13-9-15-56(54(49)37-70)75-46-29-23-44(24-30-46)60(61(63,64)65,62(66,67)68)43-21-27-45(28-22-43)74-55-14-8-10-39(2)53(55)36-69/h3-35H,1-2H3. The summed E-state index contributed by atoms with van der Waals surface area (Å²) in [5.41, 5.74) is -2.75. The Morgan fingerprint density at radius 1 is 0.474 bits per heavy atom. The van der Waals surface area contributed by atoms with Gasteiger partial charge >= 0.3 is 12.4 Å². The van der Waals surface area contributed by atoms with Crippen molar-refractivity contribution >= 4 is 11.6 Å². The van der Waals surface area contributed by atoms with Crippen LogP contribution < -0.4 is 14.2 Å². The van der Waals surface area contributed by atoms with Crippen LogP contribution in [0.5, 0.6) is 34.6 Å². The van der Waals surface area contributed by atoms with Crippen molar-refractivity contribution in [3.8, 4) is 69.0 Å². The van der Waals surface area contributed by atoms with Crippen molar-refractivity contribution in [1.82, 2.24) is 4.98 Å². The molecular weight excluding hydrogens is 981 g/mol. The van der Waals surface area contributed by atoms with Gasteiger partial charge in [-0.2, -0.15) is 36.9 Å². The molecule has 0 unspecified atom stereocenters. The van der Waals surface area contributed by atoms with Crippen molar-refractivity contribution in [2.45, 2.75) is 31.6 Å². The first kappa shape index (κ1) is 51.1. The second-order valence-corrected chi connectivity index (χ2v) is 17.5. The number of pyridine rings is 1. The van der Waals surface area contributed by atoms with Crippen LogP contribution in [0.25, 0.3) is 22.3 Å². The molecule has 0 saturated carbocycles. The number of aromatic nitrogens is 1. The minimum atomic E-state index is -5.92. The van der Waals surface area contributed by atoms with Gasteiger partial charge in [0.2, 0.25) is 11.3 Å². The average Bonchev–Trinajstić information content (AvgIpc) is 3.47. The van der Waals surface area contributed by atoms with E-state index in [1.165, 1.54) is 18.2 Å². The molecule has 0 N–H and O–H groups in total. The molecule has 0 radical (unpaired) electrons. The molecule has 8 nitrogen and oxygen atoms in total. The van der Waals surface area contributed by atoms with Gasteiger partial charge < -0.3 is 14.2 Å². The van der Waals surface area contributed by atoms with Crippen molar-refractivity contribution < 1.29 is 50.1 Å². The Balaban J connectivity index is 1.09. The molecule has 8 aromatic carbocycles. The lowest BCUT2D eigenvalue weighted by Gasteiger charge is -2.38. The molecule has 0 aliphatic heterocycles. The van der Waals surface area contributed by atoms with E-state index in [1.54, 1.807) is 134 Å². The third-order valence-corrected chi connectivity index (χ3v) is 12.7. The fraction of sp³-hybridized carbons (Fsp3) is 0.0806. The van der Waals surface area contributed by atoms with Crippen LogP contribution in [0.4, 0.5) is 26.3 Å². The van der Waals surface area contributed by atoms with E-state index in [1.807, 2.05) is 19.1 Å². The molecule has 0 saturated heterocycles. The molecule has 0 fully saturated rings. The maximum atomic E-state index is 15.2. The van der Waals surface area contributed by atoms with E-state index in [2.05, 4.69) is 11.1 Å². The molecule has 9 aromatic rings. The summed E-state index contributed by atoms with van der Waals surface area (Å²) in [5.74, 6) is -0.361. The molecule has 76 heavy (non-hydrogen) atoms. The number of hydrogen-bond acceptors (Lipinski definition) is 8. The van der Waals surface area contributed by atoms with Crippen LogP contribution in [-0.2, 0) is 5.41 Å². The Labute approximate surface area is 432 Å². The van der Waals surface area contributed by atoms with E-state index < -0.39 is 34.7 Å². The van der Waals surface area contributed by atoms with Crippen LogP contribution in [0, 0.1) is 36.5 Å². The van der Waals surface area contributed by atoms with E-state index in [0.29, 0.717) is 63.7 Å². The number of ketones is 2. The normalized spacial score (nSPS) is 11.5. The lowest BCUT2D eigenvalue weighted by molar-refractivity contribution is -0.288. The van der Waals surface area contributed by atoms with Crippen LogP contribution in [0.3, 0.4) is 0 Å². The Hall–Kier alpha value is -9.79. The smallest absolute Gasteiger partial charge is 0.411 e. The number of nitriles is 2. The summed E-state index contributed by atoms with van der Waals surface area (Å²) in [4.78, 5) is 33.0. The number of nitrogens with zero attached hydrogens (tertiary/aromatic N) is 3. The van der Waals surface area contributed by atoms with E-state index in [-0.39, 0.29) is 62.2 Å². The van der Waals surface area contributed by atoms with Gasteiger partial charge in [0.25, 0.3) is 0 Å². The zero-order chi connectivity index (χ0) is 53.8. The van der Waals surface area contributed by atoms with Crippen molar-refractivity contribution in [3.63, 3.8) is 0 Å². The van der Waals surface area contributed by atoms with Gasteiger partial charge in [-0.25, -0.2) is 4.98 Å². The van der Waals surface area contributed by atoms with Crippen molar-refractivity contribution in [3.05, 3.63) is 256 Å². The van der Waals surface area contributed by atoms with E-state index in [4.69, 9.17) is 14.2 Å². The third kappa shape index (κ3) is 10.00. The molecule has 0 spiro atoms. The fourth-order valence-electron chi connectivity index (χ4n) is 8.94. The monoisotopic (exact) mass is 1020 g/mol. The second kappa shape index (κ2) is 21.0. The molecule has 374 valence electrons. The van der Waals surface area contributed by atoms with E-state index in [9.17, 15) is 20.1 Å². The largest absolute Gasteiger partial charge is 0.456 e. The van der Waals surface area contributed by atoms with Crippen molar-refractivity contribution in [2.75, 3.05) is 0 Å². The summed E-state index contributed by atoms with van der Waals surface area (Å²) in [6, 6.07) is 50.3. The number of aryl methyl sites for hydroxylation is 2. The molecular formula is C62H39F6N3O5. The molecule has 14 heteroatoms. The summed E-state index contributed by atoms with van der Waals surface area (Å²) in [6.45, 7) is 3.50. The highest BCUT2D eigenvalue weighted by Crippen LogP contribution is 2.56. The highest BCUT2D eigenvalue weighted by molar-refractivity contribution is 6.15. The first-order valence-corrected chi connectivity index (χ1v) is 23.3. The SMILES string of the molecule is Cc1ccc(-c2ccc(-c3cccc(Oc4ccc(C(c5ccc(Oc6cccc(C)c6C#N)cc5)(C(F)(F)F)C(F)(F)F)cc4)c3C#N)c(C(=O)c3ccc(Oc4ccccn4)cc3)c2)c(C(=O)c2ccccc2)c1. The number of halogens is 6. The van der Waals surface area contributed by atoms with Crippen LogP contribution >= 0.6 is 0 Å². The van der Waals surface area contributed by atoms with Gasteiger partial charge in [-0.3, -0.25) is 9.59 Å². The number of carbonyl (C=O) groups excluding carboxylic acids is 2. The molecule has 0 aliphatic carbocycles. The van der Waals surface area contributed by atoms with Crippen LogP contribution in [0.15, 0.2) is 200 Å². The Bertz CT molecular complexity index is 3700. The first-order chi connectivity index (χ1) is 36.5. The number of benzene rings is 8. The minimum absolute atomic E-state index is 0.0699. The Morgan fingerprint density at radius 2 is 0.987 bits per heavy atom. The maximum absolute atomic E-state index is 15.2. The number of rotatable bonds is 14. The van der Waals surface area contributed by atoms with E-state index in [0.717, 1.165) is 29.8 Å². The topological polar surface area (TPSA) is 122 Å². The highest BCUT2D eigenvalue weighted by atomic mass is 19.4. The lowest BCUT2D eigenvalue weighted by Crippen LogP contribution is -2.54. The number of hydrogen-bond donors (Lipinski definition) is 0. The highest BCUT2D eigenvalue weighted by Gasteiger charge is 2.72. The van der Waals surface area contributed by atoms with Gasteiger partial charge in [0.05, 0.1) is 5.56 Å². The molecule has 1 heterocycles. The lowest BCUT2D eigenvalue weighted by atomic mass is 9.73. The molecule has 0 aliphatic rings. The maximum Gasteiger partial charge on any atom is 0.411 e. The summed E-state index contributed by atoms with van der Waals surface area (Å²) >= 11 is 0. The van der Waals surface area contributed by atoms with Crippen LogP contribution in [-0.4, -0.2) is 28.9 Å². The number of ether oxygens (including phenoxy) is 3. The third-order valence-electron chi connectivity index (χ3n) is 12.7. The van der Waals surface area contributed by atoms with Crippen LogP contribution in [0.2, 0.25) is 0 Å². The summed E-state index contributed by atoms with van der Waals surface area (Å²) in [5, 5.41) is 20.3. The molecule has 0 atom stereocenters. The minimum Gasteiger partial charge on any atom is -0.456 e. The van der Waals surface area contributed by atoms with E-state index >= 15 is 26.3 Å². The average molecular weight is 1020 g/mol. The number of alkyl halides is 6. The molecule has 1 aromatic heterocycles. The van der Waals surface area contributed by atoms with Crippen molar-refractivity contribution in [2.24, 2.45) is 0 Å². The number of carbonyl (C=O) groups is 2. The van der Waals surface area contributed by atoms with Gasteiger partial charge in [0.15, 0.2) is 11.6 Å². The molecule has 0 amide bonds. The quantitative estimate of drug-likeness (QED) is 0.0779. The zero-order valence-corrected chi connectivity index (χ0v) is 40.2. The summed E-state index contributed by atoms with van der Waals surface area (Å²) in [6.07, 6.45) is -10.3. The Kier molecular flexibility index (Phi) is 14.1. The van der Waals surface area contributed by atoms with Gasteiger partial charge in [-0.1, -0.05) is 115 Å². The Morgan fingerprint density at radius 3 is 1.55 bits per heavy atom. The first-order valence-electron chi connectivity index (χ1n) is 23.3. The second-order valence-electron chi connectivity index (χ2n) is 17.5. The van der Waals surface area contributed by atoms with Crippen molar-refractivity contribution in [1.29, 1.82) is 10.5 Å². The van der Waals surface area contributed by atoms with Gasteiger partial charge in [0, 0.05) is 40.1 Å². The molecule has 9 rings (SSSR count).